The minimum absolute atomic E-state index is 0.214. The Morgan fingerprint density at radius 3 is 2.38 bits per heavy atom. The zero-order valence-electron chi connectivity index (χ0n) is 8.37. The van der Waals surface area contributed by atoms with Crippen LogP contribution in [0.15, 0.2) is 24.3 Å². The van der Waals surface area contributed by atoms with Gasteiger partial charge in [0.15, 0.2) is 0 Å². The van der Waals surface area contributed by atoms with Crippen LogP contribution in [0.2, 0.25) is 0 Å². The minimum Gasteiger partial charge on any atom is -0.480 e. The molecule has 86 valence electrons. The van der Waals surface area contributed by atoms with Crippen LogP contribution in [0.4, 0.5) is 9.18 Å². The number of hydrogen-bond acceptors (Lipinski definition) is 2. The normalized spacial score (nSPS) is 9.56. The van der Waals surface area contributed by atoms with Gasteiger partial charge in [0.25, 0.3) is 0 Å². The van der Waals surface area contributed by atoms with Crippen molar-refractivity contribution in [3.05, 3.63) is 35.6 Å². The number of carboxylic acids is 1. The van der Waals surface area contributed by atoms with Crippen LogP contribution in [0, 0.1) is 5.82 Å². The lowest BCUT2D eigenvalue weighted by Crippen LogP contribution is -2.37. The fraction of sp³-hybridized carbons (Fsp3) is 0.200. The Hall–Kier alpha value is -2.11. The van der Waals surface area contributed by atoms with Gasteiger partial charge in [0, 0.05) is 6.54 Å². The third-order valence-electron chi connectivity index (χ3n) is 1.77. The monoisotopic (exact) mass is 226 g/mol. The van der Waals surface area contributed by atoms with Gasteiger partial charge in [-0.25, -0.2) is 9.18 Å². The predicted octanol–water partition coefficient (Wildman–Crippen LogP) is 0.709. The maximum atomic E-state index is 12.5. The van der Waals surface area contributed by atoms with Crippen molar-refractivity contribution in [2.45, 2.75) is 6.54 Å². The molecule has 0 bridgehead atoms. The molecule has 0 spiro atoms. The first-order valence-electron chi connectivity index (χ1n) is 4.56. The third kappa shape index (κ3) is 4.41. The second-order valence-corrected chi connectivity index (χ2v) is 3.06. The molecule has 0 aliphatic carbocycles. The molecule has 0 unspecified atom stereocenters. The molecular weight excluding hydrogens is 215 g/mol. The van der Waals surface area contributed by atoms with Gasteiger partial charge in [0.2, 0.25) is 0 Å². The summed E-state index contributed by atoms with van der Waals surface area (Å²) < 4.78 is 12.5. The molecule has 3 N–H and O–H groups in total. The van der Waals surface area contributed by atoms with Crippen molar-refractivity contribution in [1.29, 1.82) is 0 Å². The number of benzene rings is 1. The summed E-state index contributed by atoms with van der Waals surface area (Å²) in [5, 5.41) is 12.9. The maximum absolute atomic E-state index is 12.5. The molecule has 1 aromatic rings. The molecule has 0 heterocycles. The highest BCUT2D eigenvalue weighted by Gasteiger charge is 2.02. The molecule has 0 atom stereocenters. The Morgan fingerprint density at radius 2 is 1.81 bits per heavy atom. The summed E-state index contributed by atoms with van der Waals surface area (Å²) in [6.45, 7) is -0.221. The van der Waals surface area contributed by atoms with Crippen molar-refractivity contribution < 1.29 is 19.1 Å². The van der Waals surface area contributed by atoms with E-state index in [0.29, 0.717) is 0 Å². The molecule has 0 aliphatic heterocycles. The van der Waals surface area contributed by atoms with E-state index in [1.165, 1.54) is 24.3 Å². The van der Waals surface area contributed by atoms with Crippen molar-refractivity contribution >= 4 is 12.0 Å². The average molecular weight is 226 g/mol. The van der Waals surface area contributed by atoms with Crippen LogP contribution < -0.4 is 10.6 Å². The lowest BCUT2D eigenvalue weighted by molar-refractivity contribution is -0.135. The highest BCUT2D eigenvalue weighted by molar-refractivity contribution is 5.79. The maximum Gasteiger partial charge on any atom is 0.323 e. The van der Waals surface area contributed by atoms with E-state index in [1.807, 2.05) is 0 Å². The molecule has 1 rings (SSSR count). The number of hydrogen-bond donors (Lipinski definition) is 3. The smallest absolute Gasteiger partial charge is 0.323 e. The molecule has 0 radical (unpaired) electrons. The Morgan fingerprint density at radius 1 is 1.19 bits per heavy atom. The van der Waals surface area contributed by atoms with Crippen molar-refractivity contribution in [2.24, 2.45) is 0 Å². The first kappa shape index (κ1) is 12.0. The van der Waals surface area contributed by atoms with Crippen LogP contribution in [0.1, 0.15) is 5.56 Å². The zero-order chi connectivity index (χ0) is 12.0. The Kier molecular flexibility index (Phi) is 4.26. The van der Waals surface area contributed by atoms with Crippen molar-refractivity contribution in [1.82, 2.24) is 10.6 Å². The Balaban J connectivity index is 2.31. The molecule has 0 aromatic heterocycles. The largest absolute Gasteiger partial charge is 0.480 e. The van der Waals surface area contributed by atoms with Gasteiger partial charge < -0.3 is 15.7 Å². The SMILES string of the molecule is O=C(O)CNC(=O)NCc1ccc(F)cc1. The lowest BCUT2D eigenvalue weighted by atomic mass is 10.2. The van der Waals surface area contributed by atoms with Crippen LogP contribution in [0.5, 0.6) is 0 Å². The number of carboxylic acid groups (broad SMARTS) is 1. The van der Waals surface area contributed by atoms with Gasteiger partial charge in [-0.15, -0.1) is 0 Å². The number of aliphatic carboxylic acids is 1. The number of amides is 2. The summed E-state index contributed by atoms with van der Waals surface area (Å²) in [6.07, 6.45) is 0. The minimum atomic E-state index is -1.11. The van der Waals surface area contributed by atoms with Crippen LogP contribution in [-0.4, -0.2) is 23.7 Å². The zero-order valence-corrected chi connectivity index (χ0v) is 8.37. The van der Waals surface area contributed by atoms with E-state index in [0.717, 1.165) is 5.56 Å². The number of rotatable bonds is 4. The fourth-order valence-corrected chi connectivity index (χ4v) is 1.00. The summed E-state index contributed by atoms with van der Waals surface area (Å²) in [7, 11) is 0. The van der Waals surface area contributed by atoms with E-state index in [4.69, 9.17) is 5.11 Å². The molecule has 6 heteroatoms. The number of carbonyl (C=O) groups is 2. The second-order valence-electron chi connectivity index (χ2n) is 3.06. The number of nitrogens with one attached hydrogen (secondary N) is 2. The topological polar surface area (TPSA) is 78.4 Å². The number of carbonyl (C=O) groups excluding carboxylic acids is 1. The van der Waals surface area contributed by atoms with Crippen molar-refractivity contribution in [3.8, 4) is 0 Å². The summed E-state index contributed by atoms with van der Waals surface area (Å²) in [5.41, 5.74) is 0.729. The Labute approximate surface area is 91.3 Å². The van der Waals surface area contributed by atoms with E-state index in [1.54, 1.807) is 0 Å². The van der Waals surface area contributed by atoms with Crippen LogP contribution in [-0.2, 0) is 11.3 Å². The summed E-state index contributed by atoms with van der Waals surface area (Å²) >= 11 is 0. The van der Waals surface area contributed by atoms with E-state index in [-0.39, 0.29) is 12.4 Å². The fourth-order valence-electron chi connectivity index (χ4n) is 1.00. The first-order valence-corrected chi connectivity index (χ1v) is 4.56. The van der Waals surface area contributed by atoms with Gasteiger partial charge in [-0.1, -0.05) is 12.1 Å². The first-order chi connectivity index (χ1) is 7.58. The summed E-state index contributed by atoms with van der Waals surface area (Å²) in [5.74, 6) is -1.46. The van der Waals surface area contributed by atoms with Gasteiger partial charge >= 0.3 is 12.0 Å². The van der Waals surface area contributed by atoms with Crippen LogP contribution in [0.3, 0.4) is 0 Å². The molecule has 5 nitrogen and oxygen atoms in total. The predicted molar refractivity (Wildman–Crippen MR) is 54.3 cm³/mol. The molecule has 16 heavy (non-hydrogen) atoms. The van der Waals surface area contributed by atoms with Crippen molar-refractivity contribution in [2.75, 3.05) is 6.54 Å². The van der Waals surface area contributed by atoms with Crippen LogP contribution in [0.25, 0.3) is 0 Å². The van der Waals surface area contributed by atoms with E-state index < -0.39 is 18.5 Å². The van der Waals surface area contributed by atoms with Gasteiger partial charge in [-0.2, -0.15) is 0 Å². The summed E-state index contributed by atoms with van der Waals surface area (Å²) in [6, 6.07) is 5.06. The number of urea groups is 1. The molecule has 1 aromatic carbocycles. The molecule has 0 saturated carbocycles. The quantitative estimate of drug-likeness (QED) is 0.707. The van der Waals surface area contributed by atoms with Gasteiger partial charge in [-0.05, 0) is 17.7 Å². The Bertz CT molecular complexity index is 378. The van der Waals surface area contributed by atoms with Gasteiger partial charge in [-0.3, -0.25) is 4.79 Å². The second kappa shape index (κ2) is 5.69. The molecule has 0 aliphatic rings. The molecule has 0 saturated heterocycles. The third-order valence-corrected chi connectivity index (χ3v) is 1.77. The highest BCUT2D eigenvalue weighted by Crippen LogP contribution is 2.01. The standard InChI is InChI=1S/C10H11FN2O3/c11-8-3-1-7(2-4-8)5-12-10(16)13-6-9(14)15/h1-4H,5-6H2,(H,14,15)(H2,12,13,16). The van der Waals surface area contributed by atoms with E-state index in [9.17, 15) is 14.0 Å². The lowest BCUT2D eigenvalue weighted by Gasteiger charge is -2.05. The van der Waals surface area contributed by atoms with Crippen LogP contribution >= 0.6 is 0 Å². The summed E-state index contributed by atoms with van der Waals surface area (Å²) in [4.78, 5) is 21.2. The molecular formula is C10H11FN2O3. The molecule has 0 fully saturated rings. The molecule has 2 amide bonds. The van der Waals surface area contributed by atoms with E-state index in [2.05, 4.69) is 10.6 Å². The highest BCUT2D eigenvalue weighted by atomic mass is 19.1. The van der Waals surface area contributed by atoms with E-state index >= 15 is 0 Å². The van der Waals surface area contributed by atoms with Gasteiger partial charge in [0.05, 0.1) is 0 Å². The van der Waals surface area contributed by atoms with Crippen molar-refractivity contribution in [3.63, 3.8) is 0 Å². The average Bonchev–Trinajstić information content (AvgIpc) is 2.25. The number of halogens is 1. The van der Waals surface area contributed by atoms with Gasteiger partial charge in [0.1, 0.15) is 12.4 Å².